The number of ketones is 1. The topological polar surface area (TPSA) is 60.7 Å². The molecule has 0 aliphatic carbocycles. The van der Waals surface area contributed by atoms with Gasteiger partial charge in [0.25, 0.3) is 0 Å². The van der Waals surface area contributed by atoms with E-state index in [1.165, 1.54) is 11.8 Å². The lowest BCUT2D eigenvalue weighted by molar-refractivity contribution is 0.102. The number of aromatic nitrogens is 4. The molecule has 0 amide bonds. The second-order valence-corrected chi connectivity index (χ2v) is 7.02. The molecule has 0 atom stereocenters. The molecule has 3 rings (SSSR count). The number of rotatable bonds is 7. The molecule has 0 saturated heterocycles. The Kier molecular flexibility index (Phi) is 5.78. The molecule has 2 aromatic heterocycles. The van der Waals surface area contributed by atoms with E-state index in [9.17, 15) is 4.79 Å². The summed E-state index contributed by atoms with van der Waals surface area (Å²) in [6.45, 7) is 4.35. The zero-order valence-electron chi connectivity index (χ0n) is 13.3. The fourth-order valence-electron chi connectivity index (χ4n) is 2.25. The van der Waals surface area contributed by atoms with Gasteiger partial charge in [0, 0.05) is 34.5 Å². The molecule has 1 aromatic carbocycles. The van der Waals surface area contributed by atoms with Gasteiger partial charge in [-0.05, 0) is 24.3 Å². The Labute approximate surface area is 158 Å². The first kappa shape index (κ1) is 17.6. The minimum absolute atomic E-state index is 0.0496. The van der Waals surface area contributed by atoms with E-state index in [2.05, 4.69) is 37.7 Å². The van der Waals surface area contributed by atoms with Crippen molar-refractivity contribution < 1.29 is 4.79 Å². The lowest BCUT2D eigenvalue weighted by atomic mass is 10.2. The Morgan fingerprint density at radius 3 is 2.72 bits per heavy atom. The fourth-order valence-corrected chi connectivity index (χ4v) is 3.35. The number of hydrogen-bond donors (Lipinski definition) is 0. The molecule has 5 nitrogen and oxygen atoms in total. The van der Waals surface area contributed by atoms with Crippen LogP contribution in [0.3, 0.4) is 0 Å². The number of carbonyl (C=O) groups is 1. The number of hydrogen-bond acceptors (Lipinski definition) is 5. The predicted molar refractivity (Wildman–Crippen MR) is 103 cm³/mol. The van der Waals surface area contributed by atoms with E-state index in [1.54, 1.807) is 18.5 Å². The number of carbonyl (C=O) groups excluding carboxylic acids is 1. The van der Waals surface area contributed by atoms with E-state index in [0.717, 1.165) is 10.0 Å². The molecule has 3 aromatic rings. The van der Waals surface area contributed by atoms with E-state index in [4.69, 9.17) is 0 Å². The normalized spacial score (nSPS) is 10.6. The van der Waals surface area contributed by atoms with Crippen LogP contribution in [-0.2, 0) is 6.54 Å². The van der Waals surface area contributed by atoms with Crippen molar-refractivity contribution in [2.24, 2.45) is 0 Å². The Hall–Kier alpha value is -2.25. The van der Waals surface area contributed by atoms with Crippen LogP contribution in [0, 0.1) is 0 Å². The molecular formula is C18H15BrN4OS. The SMILES string of the molecule is C=CCn1c(SCC(=O)c2ccc(Br)cc2)nnc1-c1cccnc1. The van der Waals surface area contributed by atoms with Crippen molar-refractivity contribution in [3.8, 4) is 11.4 Å². The van der Waals surface area contributed by atoms with Gasteiger partial charge >= 0.3 is 0 Å². The lowest BCUT2D eigenvalue weighted by Gasteiger charge is -2.07. The Bertz CT molecular complexity index is 878. The van der Waals surface area contributed by atoms with Crippen LogP contribution in [0.15, 0.2) is 71.1 Å². The molecule has 2 heterocycles. The quantitative estimate of drug-likeness (QED) is 0.328. The van der Waals surface area contributed by atoms with E-state index in [-0.39, 0.29) is 5.78 Å². The van der Waals surface area contributed by atoms with Crippen LogP contribution in [0.2, 0.25) is 0 Å². The summed E-state index contributed by atoms with van der Waals surface area (Å²) in [7, 11) is 0. The second kappa shape index (κ2) is 8.22. The molecule has 0 radical (unpaired) electrons. The molecule has 0 saturated carbocycles. The predicted octanol–water partition coefficient (Wildman–Crippen LogP) is 4.26. The molecule has 0 bridgehead atoms. The number of Topliss-reactive ketones (excluding diaryl/α,β-unsaturated/α-hetero) is 1. The molecular weight excluding hydrogens is 400 g/mol. The van der Waals surface area contributed by atoms with Gasteiger partial charge in [0.15, 0.2) is 16.8 Å². The monoisotopic (exact) mass is 414 g/mol. The minimum Gasteiger partial charge on any atom is -0.298 e. The number of halogens is 1. The minimum atomic E-state index is 0.0496. The molecule has 25 heavy (non-hydrogen) atoms. The molecule has 7 heteroatoms. The summed E-state index contributed by atoms with van der Waals surface area (Å²) in [4.78, 5) is 16.5. The Balaban J connectivity index is 1.78. The highest BCUT2D eigenvalue weighted by molar-refractivity contribution is 9.10. The molecule has 0 aliphatic rings. The van der Waals surface area contributed by atoms with Crippen LogP contribution in [-0.4, -0.2) is 31.3 Å². The number of thioether (sulfide) groups is 1. The molecule has 126 valence electrons. The summed E-state index contributed by atoms with van der Waals surface area (Å²) in [5, 5.41) is 9.17. The summed E-state index contributed by atoms with van der Waals surface area (Å²) >= 11 is 4.74. The van der Waals surface area contributed by atoms with E-state index >= 15 is 0 Å². The third kappa shape index (κ3) is 4.24. The first-order valence-corrected chi connectivity index (χ1v) is 9.33. The number of nitrogens with zero attached hydrogens (tertiary/aromatic N) is 4. The summed E-state index contributed by atoms with van der Waals surface area (Å²) < 4.78 is 2.88. The van der Waals surface area contributed by atoms with Crippen LogP contribution in [0.5, 0.6) is 0 Å². The van der Waals surface area contributed by atoms with Crippen LogP contribution >= 0.6 is 27.7 Å². The Morgan fingerprint density at radius 1 is 1.24 bits per heavy atom. The maximum Gasteiger partial charge on any atom is 0.192 e. The Morgan fingerprint density at radius 2 is 2.04 bits per heavy atom. The second-order valence-electron chi connectivity index (χ2n) is 5.17. The molecule has 0 spiro atoms. The van der Waals surface area contributed by atoms with Crippen LogP contribution in [0.4, 0.5) is 0 Å². The van der Waals surface area contributed by atoms with Gasteiger partial charge in [0.1, 0.15) is 0 Å². The standard InChI is InChI=1S/C18H15BrN4OS/c1-2-10-23-17(14-4-3-9-20-11-14)21-22-18(23)25-12-16(24)13-5-7-15(19)8-6-13/h2-9,11H,1,10,12H2. The average molecular weight is 415 g/mol. The van der Waals surface area contributed by atoms with Crippen molar-refractivity contribution in [3.63, 3.8) is 0 Å². The number of benzene rings is 1. The van der Waals surface area contributed by atoms with E-state index in [0.29, 0.717) is 28.8 Å². The average Bonchev–Trinajstić information content (AvgIpc) is 3.04. The van der Waals surface area contributed by atoms with Gasteiger partial charge in [-0.3, -0.25) is 14.3 Å². The summed E-state index contributed by atoms with van der Waals surface area (Å²) in [6.07, 6.45) is 5.24. The molecule has 0 unspecified atom stereocenters. The summed E-state index contributed by atoms with van der Waals surface area (Å²) in [5.74, 6) is 1.06. The number of pyridine rings is 1. The van der Waals surface area contributed by atoms with Crippen molar-refractivity contribution in [1.82, 2.24) is 19.7 Å². The highest BCUT2D eigenvalue weighted by Gasteiger charge is 2.15. The van der Waals surface area contributed by atoms with Crippen LogP contribution in [0.25, 0.3) is 11.4 Å². The van der Waals surface area contributed by atoms with Gasteiger partial charge in [-0.2, -0.15) is 0 Å². The third-order valence-electron chi connectivity index (χ3n) is 3.45. The van der Waals surface area contributed by atoms with Gasteiger partial charge in [-0.15, -0.1) is 16.8 Å². The molecule has 0 N–H and O–H groups in total. The zero-order valence-corrected chi connectivity index (χ0v) is 15.7. The number of allylic oxidation sites excluding steroid dienone is 1. The summed E-state index contributed by atoms with van der Waals surface area (Å²) in [6, 6.07) is 11.1. The van der Waals surface area contributed by atoms with Gasteiger partial charge in [-0.25, -0.2) is 0 Å². The van der Waals surface area contributed by atoms with Gasteiger partial charge in [-0.1, -0.05) is 45.9 Å². The first-order chi connectivity index (χ1) is 12.2. The van der Waals surface area contributed by atoms with Gasteiger partial charge < -0.3 is 0 Å². The fraction of sp³-hybridized carbons (Fsp3) is 0.111. The van der Waals surface area contributed by atoms with E-state index in [1.807, 2.05) is 41.0 Å². The summed E-state index contributed by atoms with van der Waals surface area (Å²) in [5.41, 5.74) is 1.56. The van der Waals surface area contributed by atoms with Crippen molar-refractivity contribution in [2.75, 3.05) is 5.75 Å². The van der Waals surface area contributed by atoms with Crippen molar-refractivity contribution in [1.29, 1.82) is 0 Å². The smallest absolute Gasteiger partial charge is 0.192 e. The zero-order chi connectivity index (χ0) is 17.6. The van der Waals surface area contributed by atoms with Crippen LogP contribution in [0.1, 0.15) is 10.4 Å². The highest BCUT2D eigenvalue weighted by Crippen LogP contribution is 2.24. The maximum atomic E-state index is 12.4. The molecule has 0 aliphatic heterocycles. The van der Waals surface area contributed by atoms with Crippen LogP contribution < -0.4 is 0 Å². The van der Waals surface area contributed by atoms with Crippen molar-refractivity contribution in [3.05, 3.63) is 71.5 Å². The van der Waals surface area contributed by atoms with Gasteiger partial charge in [0.05, 0.1) is 5.75 Å². The van der Waals surface area contributed by atoms with Gasteiger partial charge in [0.2, 0.25) is 0 Å². The van der Waals surface area contributed by atoms with E-state index < -0.39 is 0 Å². The lowest BCUT2D eigenvalue weighted by Crippen LogP contribution is -2.05. The van der Waals surface area contributed by atoms with Crippen molar-refractivity contribution >= 4 is 33.5 Å². The highest BCUT2D eigenvalue weighted by atomic mass is 79.9. The molecule has 0 fully saturated rings. The third-order valence-corrected chi connectivity index (χ3v) is 4.94. The first-order valence-electron chi connectivity index (χ1n) is 7.55. The van der Waals surface area contributed by atoms with Crippen molar-refractivity contribution in [2.45, 2.75) is 11.7 Å². The largest absolute Gasteiger partial charge is 0.298 e. The maximum absolute atomic E-state index is 12.4.